The van der Waals surface area contributed by atoms with Crippen LogP contribution in [-0.2, 0) is 17.8 Å². The lowest BCUT2D eigenvalue weighted by Crippen LogP contribution is -2.27. The summed E-state index contributed by atoms with van der Waals surface area (Å²) in [4.78, 5) is 0. The van der Waals surface area contributed by atoms with Crippen molar-refractivity contribution in [2.75, 3.05) is 13.2 Å². The molecule has 1 unspecified atom stereocenters. The second-order valence-corrected chi connectivity index (χ2v) is 4.36. The van der Waals surface area contributed by atoms with Crippen LogP contribution in [0.3, 0.4) is 0 Å². The molecular weight excluding hydrogens is 238 g/mol. The number of nitrogens with zero attached hydrogens (tertiary/aromatic N) is 2. The van der Waals surface area contributed by atoms with Crippen molar-refractivity contribution in [1.82, 2.24) is 15.1 Å². The number of nitrogens with one attached hydrogen (secondary N) is 1. The zero-order chi connectivity index (χ0) is 11.4. The highest BCUT2D eigenvalue weighted by molar-refractivity contribution is 5.85. The van der Waals surface area contributed by atoms with E-state index in [4.69, 9.17) is 4.74 Å². The van der Waals surface area contributed by atoms with Crippen molar-refractivity contribution in [3.05, 3.63) is 17.5 Å². The molecule has 1 atom stereocenters. The summed E-state index contributed by atoms with van der Waals surface area (Å²) in [5.74, 6) is 0. The summed E-state index contributed by atoms with van der Waals surface area (Å²) in [6.07, 6.45) is 4.75. The quantitative estimate of drug-likeness (QED) is 0.878. The van der Waals surface area contributed by atoms with E-state index in [2.05, 4.69) is 28.9 Å². The van der Waals surface area contributed by atoms with Crippen molar-refractivity contribution < 1.29 is 4.74 Å². The molecule has 1 aliphatic rings. The molecule has 1 aliphatic heterocycles. The molecule has 1 N–H and O–H groups in total. The molecule has 0 spiro atoms. The minimum absolute atomic E-state index is 0. The van der Waals surface area contributed by atoms with Crippen LogP contribution in [0.2, 0.25) is 0 Å². The number of aromatic nitrogens is 2. The fourth-order valence-electron chi connectivity index (χ4n) is 2.16. The van der Waals surface area contributed by atoms with Gasteiger partial charge in [0.15, 0.2) is 0 Å². The van der Waals surface area contributed by atoms with Crippen LogP contribution in [0, 0.1) is 6.92 Å². The van der Waals surface area contributed by atoms with E-state index >= 15 is 0 Å². The summed E-state index contributed by atoms with van der Waals surface area (Å²) in [6, 6.07) is 0. The van der Waals surface area contributed by atoms with Crippen LogP contribution in [0.15, 0.2) is 6.20 Å². The van der Waals surface area contributed by atoms with Gasteiger partial charge in [0.25, 0.3) is 0 Å². The first-order chi connectivity index (χ1) is 7.81. The normalized spacial score (nSPS) is 19.3. The lowest BCUT2D eigenvalue weighted by molar-refractivity contribution is 0.109. The molecule has 0 radical (unpaired) electrons. The number of hydrogen-bond donors (Lipinski definition) is 1. The monoisotopic (exact) mass is 259 g/mol. The Kier molecular flexibility index (Phi) is 5.95. The molecule has 0 amide bonds. The highest BCUT2D eigenvalue weighted by Gasteiger charge is 2.15. The average Bonchev–Trinajstić information content (AvgIpc) is 2.90. The van der Waals surface area contributed by atoms with Gasteiger partial charge in [0, 0.05) is 26.2 Å². The number of hydrogen-bond acceptors (Lipinski definition) is 3. The second kappa shape index (κ2) is 6.99. The number of ether oxygens (including phenoxy) is 1. The van der Waals surface area contributed by atoms with E-state index in [-0.39, 0.29) is 12.4 Å². The maximum absolute atomic E-state index is 5.57. The lowest BCUT2D eigenvalue weighted by atomic mass is 10.2. The third-order valence-corrected chi connectivity index (χ3v) is 3.15. The van der Waals surface area contributed by atoms with Crippen molar-refractivity contribution in [2.24, 2.45) is 0 Å². The van der Waals surface area contributed by atoms with Gasteiger partial charge in [-0.25, -0.2) is 0 Å². The SMILES string of the molecule is CCn1ncc(C)c1CNCC1CCCO1.Cl. The van der Waals surface area contributed by atoms with Crippen molar-refractivity contribution in [3.63, 3.8) is 0 Å². The Bertz CT molecular complexity index is 334. The van der Waals surface area contributed by atoms with E-state index in [1.165, 1.54) is 24.1 Å². The first kappa shape index (κ1) is 14.5. The molecule has 0 aromatic carbocycles. The number of rotatable bonds is 5. The predicted octanol–water partition coefficient (Wildman–Crippen LogP) is 1.90. The topological polar surface area (TPSA) is 39.1 Å². The van der Waals surface area contributed by atoms with E-state index in [1.807, 2.05) is 6.20 Å². The Labute approximate surface area is 109 Å². The van der Waals surface area contributed by atoms with Gasteiger partial charge in [0.2, 0.25) is 0 Å². The van der Waals surface area contributed by atoms with Crippen molar-refractivity contribution in [3.8, 4) is 0 Å². The number of aryl methyl sites for hydroxylation is 2. The summed E-state index contributed by atoms with van der Waals surface area (Å²) in [5.41, 5.74) is 2.56. The minimum atomic E-state index is 0. The zero-order valence-electron chi connectivity index (χ0n) is 10.6. The average molecular weight is 260 g/mol. The Hall–Kier alpha value is -0.580. The van der Waals surface area contributed by atoms with Crippen LogP contribution in [0.1, 0.15) is 31.0 Å². The minimum Gasteiger partial charge on any atom is -0.377 e. The smallest absolute Gasteiger partial charge is 0.0700 e. The van der Waals surface area contributed by atoms with Gasteiger partial charge in [-0.3, -0.25) is 4.68 Å². The Balaban J connectivity index is 0.00000144. The molecule has 98 valence electrons. The first-order valence-electron chi connectivity index (χ1n) is 6.15. The molecule has 4 nitrogen and oxygen atoms in total. The van der Waals surface area contributed by atoms with E-state index in [0.717, 1.165) is 26.2 Å². The summed E-state index contributed by atoms with van der Waals surface area (Å²) >= 11 is 0. The zero-order valence-corrected chi connectivity index (χ0v) is 11.4. The molecule has 1 saturated heterocycles. The van der Waals surface area contributed by atoms with Crippen molar-refractivity contribution in [2.45, 2.75) is 45.9 Å². The van der Waals surface area contributed by atoms with E-state index in [0.29, 0.717) is 6.10 Å². The van der Waals surface area contributed by atoms with E-state index in [1.54, 1.807) is 0 Å². The van der Waals surface area contributed by atoms with Crippen LogP contribution in [0.5, 0.6) is 0 Å². The van der Waals surface area contributed by atoms with Gasteiger partial charge in [-0.05, 0) is 32.3 Å². The molecule has 5 heteroatoms. The maximum atomic E-state index is 5.57. The largest absolute Gasteiger partial charge is 0.377 e. The van der Waals surface area contributed by atoms with Crippen LogP contribution in [-0.4, -0.2) is 29.0 Å². The van der Waals surface area contributed by atoms with Gasteiger partial charge >= 0.3 is 0 Å². The first-order valence-corrected chi connectivity index (χ1v) is 6.15. The molecule has 17 heavy (non-hydrogen) atoms. The molecule has 0 bridgehead atoms. The van der Waals surface area contributed by atoms with Gasteiger partial charge < -0.3 is 10.1 Å². The summed E-state index contributed by atoms with van der Waals surface area (Å²) in [5, 5.41) is 7.79. The molecule has 1 aromatic heterocycles. The Morgan fingerprint density at radius 1 is 1.59 bits per heavy atom. The molecular formula is C12H22ClN3O. The van der Waals surface area contributed by atoms with Crippen LogP contribution >= 0.6 is 12.4 Å². The van der Waals surface area contributed by atoms with E-state index in [9.17, 15) is 0 Å². The molecule has 1 fully saturated rings. The van der Waals surface area contributed by atoms with E-state index < -0.39 is 0 Å². The third-order valence-electron chi connectivity index (χ3n) is 3.15. The fraction of sp³-hybridized carbons (Fsp3) is 0.750. The fourth-order valence-corrected chi connectivity index (χ4v) is 2.16. The molecule has 0 aliphatic carbocycles. The molecule has 0 saturated carbocycles. The van der Waals surface area contributed by atoms with Crippen LogP contribution in [0.4, 0.5) is 0 Å². The van der Waals surface area contributed by atoms with Crippen molar-refractivity contribution in [1.29, 1.82) is 0 Å². The van der Waals surface area contributed by atoms with Gasteiger partial charge in [-0.2, -0.15) is 5.10 Å². The molecule has 2 heterocycles. The van der Waals surface area contributed by atoms with Gasteiger partial charge in [0.05, 0.1) is 18.0 Å². The highest BCUT2D eigenvalue weighted by Crippen LogP contribution is 2.11. The van der Waals surface area contributed by atoms with Gasteiger partial charge in [-0.15, -0.1) is 12.4 Å². The number of halogens is 1. The summed E-state index contributed by atoms with van der Waals surface area (Å²) < 4.78 is 7.63. The summed E-state index contributed by atoms with van der Waals surface area (Å²) in [7, 11) is 0. The highest BCUT2D eigenvalue weighted by atomic mass is 35.5. The molecule has 2 rings (SSSR count). The van der Waals surface area contributed by atoms with Gasteiger partial charge in [0.1, 0.15) is 0 Å². The Morgan fingerprint density at radius 2 is 2.41 bits per heavy atom. The van der Waals surface area contributed by atoms with Crippen LogP contribution < -0.4 is 5.32 Å². The second-order valence-electron chi connectivity index (χ2n) is 4.36. The molecule has 1 aromatic rings. The maximum Gasteiger partial charge on any atom is 0.0700 e. The van der Waals surface area contributed by atoms with Crippen LogP contribution in [0.25, 0.3) is 0 Å². The van der Waals surface area contributed by atoms with Gasteiger partial charge in [-0.1, -0.05) is 0 Å². The lowest BCUT2D eigenvalue weighted by Gasteiger charge is -2.12. The third kappa shape index (κ3) is 3.69. The Morgan fingerprint density at radius 3 is 3.06 bits per heavy atom. The predicted molar refractivity (Wildman–Crippen MR) is 70.6 cm³/mol. The summed E-state index contributed by atoms with van der Waals surface area (Å²) in [6.45, 7) is 7.94. The van der Waals surface area contributed by atoms with Crippen molar-refractivity contribution >= 4 is 12.4 Å². The standard InChI is InChI=1S/C12H21N3O.ClH/c1-3-15-12(10(2)7-14-15)9-13-8-11-5-4-6-16-11;/h7,11,13H,3-6,8-9H2,1-2H3;1H.